The van der Waals surface area contributed by atoms with Crippen molar-refractivity contribution in [2.24, 2.45) is 0 Å². The van der Waals surface area contributed by atoms with Gasteiger partial charge in [0.1, 0.15) is 11.3 Å². The molecular formula is C13H15NO4. The van der Waals surface area contributed by atoms with Gasteiger partial charge in [0.25, 0.3) is 5.91 Å². The van der Waals surface area contributed by atoms with Gasteiger partial charge in [0, 0.05) is 12.1 Å². The summed E-state index contributed by atoms with van der Waals surface area (Å²) in [6.07, 6.45) is 1.13. The Balaban J connectivity index is 2.32. The van der Waals surface area contributed by atoms with Crippen molar-refractivity contribution in [3.63, 3.8) is 0 Å². The predicted molar refractivity (Wildman–Crippen MR) is 64.4 cm³/mol. The maximum Gasteiger partial charge on any atom is 0.329 e. The number of phenolic OH excluding ortho intramolecular Hbond substituents is 1. The second-order valence-electron chi connectivity index (χ2n) is 4.69. The molecule has 5 nitrogen and oxygen atoms in total. The zero-order chi connectivity index (χ0) is 13.3. The smallest absolute Gasteiger partial charge is 0.329 e. The van der Waals surface area contributed by atoms with E-state index < -0.39 is 11.5 Å². The topological polar surface area (TPSA) is 77.8 Å². The normalized spacial score (nSPS) is 23.1. The maximum atomic E-state index is 12.3. The molecule has 0 bridgehead atoms. The second kappa shape index (κ2) is 4.33. The SMILES string of the molecule is CC1(C(=O)O)CCCN1C(=O)c1cccc(O)c1. The van der Waals surface area contributed by atoms with Gasteiger partial charge in [-0.1, -0.05) is 6.07 Å². The van der Waals surface area contributed by atoms with Crippen molar-refractivity contribution in [1.82, 2.24) is 4.90 Å². The van der Waals surface area contributed by atoms with Gasteiger partial charge in [0.2, 0.25) is 0 Å². The highest BCUT2D eigenvalue weighted by Crippen LogP contribution is 2.31. The van der Waals surface area contributed by atoms with Crippen LogP contribution in [0.25, 0.3) is 0 Å². The second-order valence-corrected chi connectivity index (χ2v) is 4.69. The first-order valence-corrected chi connectivity index (χ1v) is 5.79. The Bertz CT molecular complexity index is 500. The number of carboxylic acid groups (broad SMARTS) is 1. The quantitative estimate of drug-likeness (QED) is 0.832. The summed E-state index contributed by atoms with van der Waals surface area (Å²) in [6.45, 7) is 1.99. The lowest BCUT2D eigenvalue weighted by molar-refractivity contribution is -0.147. The van der Waals surface area contributed by atoms with Gasteiger partial charge < -0.3 is 15.1 Å². The van der Waals surface area contributed by atoms with Crippen molar-refractivity contribution in [1.29, 1.82) is 0 Å². The first kappa shape index (κ1) is 12.4. The lowest BCUT2D eigenvalue weighted by Gasteiger charge is -2.31. The summed E-state index contributed by atoms with van der Waals surface area (Å²) in [6, 6.07) is 5.96. The Kier molecular flexibility index (Phi) is 2.98. The molecule has 1 saturated heterocycles. The number of aromatic hydroxyl groups is 1. The Morgan fingerprint density at radius 1 is 1.39 bits per heavy atom. The average Bonchev–Trinajstić information content (AvgIpc) is 2.72. The van der Waals surface area contributed by atoms with Gasteiger partial charge in [-0.25, -0.2) is 4.79 Å². The number of benzene rings is 1. The van der Waals surface area contributed by atoms with Gasteiger partial charge in [0.15, 0.2) is 0 Å². The van der Waals surface area contributed by atoms with Crippen molar-refractivity contribution in [2.45, 2.75) is 25.3 Å². The van der Waals surface area contributed by atoms with Gasteiger partial charge >= 0.3 is 5.97 Å². The molecule has 2 rings (SSSR count). The minimum absolute atomic E-state index is 0.00271. The lowest BCUT2D eigenvalue weighted by atomic mass is 9.98. The molecule has 1 amide bonds. The number of nitrogens with zero attached hydrogens (tertiary/aromatic N) is 1. The molecule has 0 radical (unpaired) electrons. The number of phenols is 1. The summed E-state index contributed by atoms with van der Waals surface area (Å²) < 4.78 is 0. The van der Waals surface area contributed by atoms with Gasteiger partial charge in [-0.15, -0.1) is 0 Å². The minimum atomic E-state index is -1.15. The summed E-state index contributed by atoms with van der Waals surface area (Å²) in [5.41, 5.74) is -0.841. The van der Waals surface area contributed by atoms with Crippen LogP contribution in [0.4, 0.5) is 0 Å². The molecule has 5 heteroatoms. The third-order valence-electron chi connectivity index (χ3n) is 3.44. The summed E-state index contributed by atoms with van der Waals surface area (Å²) in [5.74, 6) is -1.35. The molecule has 1 aromatic carbocycles. The third-order valence-corrected chi connectivity index (χ3v) is 3.44. The van der Waals surface area contributed by atoms with Crippen molar-refractivity contribution in [2.75, 3.05) is 6.54 Å². The van der Waals surface area contributed by atoms with E-state index in [1.54, 1.807) is 19.1 Å². The van der Waals surface area contributed by atoms with Gasteiger partial charge in [0.05, 0.1) is 0 Å². The van der Waals surface area contributed by atoms with E-state index in [2.05, 4.69) is 0 Å². The number of amides is 1. The molecule has 0 aliphatic carbocycles. The first-order chi connectivity index (χ1) is 8.45. The van der Waals surface area contributed by atoms with Crippen LogP contribution in [0.3, 0.4) is 0 Å². The molecule has 1 aliphatic heterocycles. The number of rotatable bonds is 2. The Morgan fingerprint density at radius 3 is 2.72 bits per heavy atom. The summed E-state index contributed by atoms with van der Waals surface area (Å²) >= 11 is 0. The number of likely N-dealkylation sites (tertiary alicyclic amines) is 1. The first-order valence-electron chi connectivity index (χ1n) is 5.79. The third kappa shape index (κ3) is 1.92. The summed E-state index contributed by atoms with van der Waals surface area (Å²) in [5, 5.41) is 18.6. The van der Waals surface area contributed by atoms with Crippen LogP contribution in [0.2, 0.25) is 0 Å². The van der Waals surface area contributed by atoms with E-state index in [1.807, 2.05) is 0 Å². The summed E-state index contributed by atoms with van der Waals surface area (Å²) in [4.78, 5) is 24.9. The molecule has 1 atom stereocenters. The molecule has 0 aromatic heterocycles. The van der Waals surface area contributed by atoms with E-state index in [9.17, 15) is 19.8 Å². The van der Waals surface area contributed by atoms with Crippen LogP contribution in [0.15, 0.2) is 24.3 Å². The number of carbonyl (C=O) groups excluding carboxylic acids is 1. The van der Waals surface area contributed by atoms with Crippen LogP contribution in [0.1, 0.15) is 30.1 Å². The van der Waals surface area contributed by atoms with Crippen LogP contribution in [0.5, 0.6) is 5.75 Å². The Morgan fingerprint density at radius 2 is 2.11 bits per heavy atom. The number of carboxylic acids is 1. The van der Waals surface area contributed by atoms with Crippen LogP contribution in [-0.2, 0) is 4.79 Å². The highest BCUT2D eigenvalue weighted by atomic mass is 16.4. The molecule has 1 unspecified atom stereocenters. The Labute approximate surface area is 105 Å². The van der Waals surface area contributed by atoms with E-state index >= 15 is 0 Å². The fourth-order valence-electron chi connectivity index (χ4n) is 2.31. The zero-order valence-electron chi connectivity index (χ0n) is 10.1. The molecule has 1 aromatic rings. The summed E-state index contributed by atoms with van der Waals surface area (Å²) in [7, 11) is 0. The molecule has 1 fully saturated rings. The molecule has 1 heterocycles. The molecule has 0 saturated carbocycles. The van der Waals surface area contributed by atoms with Crippen LogP contribution in [0, 0.1) is 0 Å². The molecule has 18 heavy (non-hydrogen) atoms. The zero-order valence-corrected chi connectivity index (χ0v) is 10.1. The van der Waals surface area contributed by atoms with Crippen LogP contribution < -0.4 is 0 Å². The molecule has 96 valence electrons. The minimum Gasteiger partial charge on any atom is -0.508 e. The van der Waals surface area contributed by atoms with Crippen molar-refractivity contribution in [3.8, 4) is 5.75 Å². The van der Waals surface area contributed by atoms with Crippen LogP contribution >= 0.6 is 0 Å². The van der Waals surface area contributed by atoms with E-state index in [1.165, 1.54) is 17.0 Å². The molecule has 1 aliphatic rings. The standard InChI is InChI=1S/C13H15NO4/c1-13(12(17)18)6-3-7-14(13)11(16)9-4-2-5-10(15)8-9/h2,4-5,8,15H,3,6-7H2,1H3,(H,17,18). The van der Waals surface area contributed by atoms with Crippen LogP contribution in [-0.4, -0.2) is 39.1 Å². The van der Waals surface area contributed by atoms with Crippen molar-refractivity contribution < 1.29 is 19.8 Å². The van der Waals surface area contributed by atoms with Gasteiger partial charge in [-0.05, 0) is 38.0 Å². The predicted octanol–water partition coefficient (Wildman–Crippen LogP) is 1.47. The van der Waals surface area contributed by atoms with Gasteiger partial charge in [-0.3, -0.25) is 4.79 Å². The largest absolute Gasteiger partial charge is 0.508 e. The van der Waals surface area contributed by atoms with E-state index in [0.29, 0.717) is 24.9 Å². The highest BCUT2D eigenvalue weighted by Gasteiger charge is 2.46. The van der Waals surface area contributed by atoms with Crippen molar-refractivity contribution in [3.05, 3.63) is 29.8 Å². The van der Waals surface area contributed by atoms with E-state index in [4.69, 9.17) is 0 Å². The fourth-order valence-corrected chi connectivity index (χ4v) is 2.31. The van der Waals surface area contributed by atoms with E-state index in [0.717, 1.165) is 0 Å². The van der Waals surface area contributed by atoms with Crippen molar-refractivity contribution >= 4 is 11.9 Å². The number of hydrogen-bond donors (Lipinski definition) is 2. The molecule has 2 N–H and O–H groups in total. The average molecular weight is 249 g/mol. The number of carbonyl (C=O) groups is 2. The molecular weight excluding hydrogens is 234 g/mol. The molecule has 0 spiro atoms. The number of hydrogen-bond acceptors (Lipinski definition) is 3. The Hall–Kier alpha value is -2.04. The number of aliphatic carboxylic acids is 1. The highest BCUT2D eigenvalue weighted by molar-refractivity contribution is 5.98. The van der Waals surface area contributed by atoms with E-state index in [-0.39, 0.29) is 11.7 Å². The maximum absolute atomic E-state index is 12.3. The van der Waals surface area contributed by atoms with Gasteiger partial charge in [-0.2, -0.15) is 0 Å². The lowest BCUT2D eigenvalue weighted by Crippen LogP contribution is -2.50. The fraction of sp³-hybridized carbons (Fsp3) is 0.385. The monoisotopic (exact) mass is 249 g/mol.